The van der Waals surface area contributed by atoms with E-state index in [2.05, 4.69) is 37.0 Å². The van der Waals surface area contributed by atoms with E-state index in [0.717, 1.165) is 41.4 Å². The van der Waals surface area contributed by atoms with Crippen molar-refractivity contribution in [1.82, 2.24) is 0 Å². The second kappa shape index (κ2) is 8.16. The van der Waals surface area contributed by atoms with E-state index in [9.17, 15) is 0 Å². The number of hydrogen-bond acceptors (Lipinski definition) is 0. The topological polar surface area (TPSA) is 0 Å². The maximum absolute atomic E-state index is 4.03. The molecule has 0 heteroatoms. The third-order valence-corrected chi connectivity index (χ3v) is 10.1. The van der Waals surface area contributed by atoms with Gasteiger partial charge in [0, 0.05) is 0 Å². The number of fused-ring (bicyclic) bond motifs is 2. The average Bonchev–Trinajstić information content (AvgIpc) is 3.41. The molecule has 4 fully saturated rings. The lowest BCUT2D eigenvalue weighted by Crippen LogP contribution is -2.51. The summed E-state index contributed by atoms with van der Waals surface area (Å²) in [5, 5.41) is 0. The Morgan fingerprint density at radius 1 is 0.821 bits per heavy atom. The van der Waals surface area contributed by atoms with Crippen LogP contribution in [0.1, 0.15) is 89.9 Å². The lowest BCUT2D eigenvalue weighted by atomic mass is 9.46. The highest BCUT2D eigenvalue weighted by atomic mass is 14.6. The van der Waals surface area contributed by atoms with E-state index in [1.54, 1.807) is 38.5 Å². The molecular weight excluding hydrogens is 336 g/mol. The third kappa shape index (κ3) is 3.09. The molecule has 0 nitrogen and oxygen atoms in total. The van der Waals surface area contributed by atoms with Crippen LogP contribution in [0.5, 0.6) is 0 Å². The summed E-state index contributed by atoms with van der Waals surface area (Å²) < 4.78 is 0. The van der Waals surface area contributed by atoms with Crippen molar-refractivity contribution in [2.24, 2.45) is 46.8 Å². The van der Waals surface area contributed by atoms with Crippen molar-refractivity contribution in [3.05, 3.63) is 37.0 Å². The summed E-state index contributed by atoms with van der Waals surface area (Å²) in [6.45, 7) is 4.03. The maximum atomic E-state index is 4.03. The van der Waals surface area contributed by atoms with Crippen LogP contribution in [0.2, 0.25) is 0 Å². The van der Waals surface area contributed by atoms with Crippen molar-refractivity contribution in [3.63, 3.8) is 0 Å². The van der Waals surface area contributed by atoms with Gasteiger partial charge < -0.3 is 0 Å². The summed E-state index contributed by atoms with van der Waals surface area (Å²) in [7, 11) is 0. The maximum Gasteiger partial charge on any atom is -0.0131 e. The molecule has 0 heterocycles. The van der Waals surface area contributed by atoms with E-state index in [-0.39, 0.29) is 0 Å². The highest BCUT2D eigenvalue weighted by molar-refractivity contribution is 5.22. The fourth-order valence-electron chi connectivity index (χ4n) is 9.23. The molecule has 0 amide bonds. The fraction of sp³-hybridized carbons (Fsp3) is 0.786. The van der Waals surface area contributed by atoms with Crippen LogP contribution in [-0.2, 0) is 0 Å². The minimum Gasteiger partial charge on any atom is -0.103 e. The molecule has 0 radical (unpaired) electrons. The largest absolute Gasteiger partial charge is 0.103 e. The van der Waals surface area contributed by atoms with E-state index in [4.69, 9.17) is 0 Å². The highest BCUT2D eigenvalue weighted by Crippen LogP contribution is 2.67. The van der Waals surface area contributed by atoms with Crippen LogP contribution in [0, 0.1) is 46.8 Å². The molecule has 0 N–H and O–H groups in total. The number of rotatable bonds is 5. The second-order valence-electron chi connectivity index (χ2n) is 11.0. The van der Waals surface area contributed by atoms with Crippen LogP contribution in [0.4, 0.5) is 0 Å². The smallest absolute Gasteiger partial charge is 0.0131 e. The number of hydrogen-bond donors (Lipinski definition) is 0. The Balaban J connectivity index is 1.52. The van der Waals surface area contributed by atoms with Gasteiger partial charge >= 0.3 is 0 Å². The quantitative estimate of drug-likeness (QED) is 0.424. The molecule has 5 rings (SSSR count). The van der Waals surface area contributed by atoms with Crippen LogP contribution >= 0.6 is 0 Å². The number of allylic oxidation sites excluding steroid dienone is 5. The zero-order chi connectivity index (χ0) is 19.0. The molecule has 0 aliphatic heterocycles. The molecule has 5 aliphatic carbocycles. The SMILES string of the molecule is C=CCCC1CC([C@]2(C3CCCC3)CCCC3CCCC[C@H]32)C2C=CC=CC12. The summed E-state index contributed by atoms with van der Waals surface area (Å²) >= 11 is 0. The van der Waals surface area contributed by atoms with E-state index in [0.29, 0.717) is 5.41 Å². The standard InChI is InChI=1S/C28H42/c1-2-3-11-22-20-27(25-17-8-7-16-24(22)25)28(23-14-5-6-15-23)19-10-13-21-12-4-9-18-26(21)28/h2,7-8,16-17,21-27H,1,3-6,9-15,18-20H2/t21?,22?,24?,25?,26-,27?,28+/m1/s1. The van der Waals surface area contributed by atoms with Gasteiger partial charge in [-0.3, -0.25) is 0 Å². The summed E-state index contributed by atoms with van der Waals surface area (Å²) in [6, 6.07) is 0. The van der Waals surface area contributed by atoms with Gasteiger partial charge in [0.2, 0.25) is 0 Å². The molecule has 0 aromatic rings. The molecule has 5 unspecified atom stereocenters. The second-order valence-corrected chi connectivity index (χ2v) is 11.0. The summed E-state index contributed by atoms with van der Waals surface area (Å²) in [5.74, 6) is 6.68. The molecule has 7 atom stereocenters. The summed E-state index contributed by atoms with van der Waals surface area (Å²) in [4.78, 5) is 0. The Labute approximate surface area is 173 Å². The highest BCUT2D eigenvalue weighted by Gasteiger charge is 2.59. The average molecular weight is 379 g/mol. The first-order valence-electron chi connectivity index (χ1n) is 12.8. The Morgan fingerprint density at radius 3 is 2.36 bits per heavy atom. The molecule has 28 heavy (non-hydrogen) atoms. The van der Waals surface area contributed by atoms with Crippen LogP contribution in [0.15, 0.2) is 37.0 Å². The van der Waals surface area contributed by atoms with Crippen LogP contribution in [0.3, 0.4) is 0 Å². The molecule has 0 saturated heterocycles. The van der Waals surface area contributed by atoms with Crippen molar-refractivity contribution in [1.29, 1.82) is 0 Å². The van der Waals surface area contributed by atoms with Crippen molar-refractivity contribution >= 4 is 0 Å². The van der Waals surface area contributed by atoms with Gasteiger partial charge in [0.25, 0.3) is 0 Å². The van der Waals surface area contributed by atoms with Gasteiger partial charge in [-0.25, -0.2) is 0 Å². The summed E-state index contributed by atoms with van der Waals surface area (Å²) in [6.07, 6.45) is 33.2. The molecule has 0 aromatic carbocycles. The monoisotopic (exact) mass is 378 g/mol. The van der Waals surface area contributed by atoms with Gasteiger partial charge in [0.15, 0.2) is 0 Å². The van der Waals surface area contributed by atoms with Gasteiger partial charge in [-0.1, -0.05) is 75.3 Å². The minimum atomic E-state index is 0.682. The predicted molar refractivity (Wildman–Crippen MR) is 120 cm³/mol. The Morgan fingerprint density at radius 2 is 1.54 bits per heavy atom. The fourth-order valence-corrected chi connectivity index (χ4v) is 9.23. The van der Waals surface area contributed by atoms with Gasteiger partial charge in [-0.05, 0) is 91.8 Å². The van der Waals surface area contributed by atoms with Gasteiger partial charge in [0.05, 0.1) is 0 Å². The van der Waals surface area contributed by atoms with Gasteiger partial charge in [-0.15, -0.1) is 6.58 Å². The van der Waals surface area contributed by atoms with Crippen molar-refractivity contribution in [2.45, 2.75) is 89.9 Å². The molecule has 154 valence electrons. The molecule has 0 spiro atoms. The normalized spacial score (nSPS) is 45.7. The molecule has 0 aromatic heterocycles. The summed E-state index contributed by atoms with van der Waals surface area (Å²) in [5.41, 5.74) is 0.682. The lowest BCUT2D eigenvalue weighted by Gasteiger charge is -2.58. The van der Waals surface area contributed by atoms with Crippen molar-refractivity contribution in [3.8, 4) is 0 Å². The Hall–Kier alpha value is -0.780. The van der Waals surface area contributed by atoms with Gasteiger partial charge in [-0.2, -0.15) is 0 Å². The molecule has 4 saturated carbocycles. The third-order valence-electron chi connectivity index (χ3n) is 10.1. The van der Waals surface area contributed by atoms with Crippen LogP contribution < -0.4 is 0 Å². The predicted octanol–water partition coefficient (Wildman–Crippen LogP) is 8.11. The Bertz CT molecular complexity index is 604. The van der Waals surface area contributed by atoms with E-state index >= 15 is 0 Å². The molecule has 0 bridgehead atoms. The van der Waals surface area contributed by atoms with Crippen LogP contribution in [0.25, 0.3) is 0 Å². The first-order chi connectivity index (χ1) is 13.8. The molecular formula is C28H42. The lowest BCUT2D eigenvalue weighted by molar-refractivity contribution is -0.0887. The van der Waals surface area contributed by atoms with E-state index < -0.39 is 0 Å². The first kappa shape index (κ1) is 19.2. The zero-order valence-corrected chi connectivity index (χ0v) is 18.0. The molecule has 5 aliphatic rings. The van der Waals surface area contributed by atoms with Crippen LogP contribution in [-0.4, -0.2) is 0 Å². The first-order valence-corrected chi connectivity index (χ1v) is 12.8. The van der Waals surface area contributed by atoms with E-state index in [1.807, 2.05) is 0 Å². The Kier molecular flexibility index (Phi) is 5.59. The van der Waals surface area contributed by atoms with Gasteiger partial charge in [0.1, 0.15) is 0 Å². The minimum absolute atomic E-state index is 0.682. The van der Waals surface area contributed by atoms with Crippen molar-refractivity contribution in [2.75, 3.05) is 0 Å². The van der Waals surface area contributed by atoms with E-state index in [1.165, 1.54) is 51.4 Å². The van der Waals surface area contributed by atoms with Crippen molar-refractivity contribution < 1.29 is 0 Å². The zero-order valence-electron chi connectivity index (χ0n) is 18.0.